The zero-order valence-corrected chi connectivity index (χ0v) is 9.02. The molecule has 1 rings (SSSR count). The summed E-state index contributed by atoms with van der Waals surface area (Å²) in [5, 5.41) is 13.9. The van der Waals surface area contributed by atoms with Crippen LogP contribution in [0.15, 0.2) is 29.4 Å². The van der Waals surface area contributed by atoms with E-state index in [1.807, 2.05) is 0 Å². The highest BCUT2D eigenvalue weighted by molar-refractivity contribution is 6.45. The fraction of sp³-hybridized carbons (Fsp3) is 0.182. The standard InChI is InChI=1S/C11H12N2O3/c1-7(13-16)11(15)9-3-5-10(6-4-9)12-8(2)14/h3-6,16H,1-2H3,(H,12,14)/b13-7-. The number of nitrogens with one attached hydrogen (secondary N) is 1. The van der Waals surface area contributed by atoms with Crippen molar-refractivity contribution in [3.8, 4) is 0 Å². The zero-order chi connectivity index (χ0) is 12.1. The lowest BCUT2D eigenvalue weighted by Crippen LogP contribution is -2.11. The van der Waals surface area contributed by atoms with E-state index in [2.05, 4.69) is 10.5 Å². The molecule has 5 nitrogen and oxygen atoms in total. The van der Waals surface area contributed by atoms with Crippen LogP contribution in [0.5, 0.6) is 0 Å². The summed E-state index contributed by atoms with van der Waals surface area (Å²) >= 11 is 0. The van der Waals surface area contributed by atoms with Crippen molar-refractivity contribution in [3.05, 3.63) is 29.8 Å². The molecular weight excluding hydrogens is 208 g/mol. The second kappa shape index (κ2) is 5.06. The average Bonchev–Trinajstić information content (AvgIpc) is 2.27. The van der Waals surface area contributed by atoms with Crippen LogP contribution in [-0.4, -0.2) is 22.6 Å². The fourth-order valence-corrected chi connectivity index (χ4v) is 1.16. The first-order chi connectivity index (χ1) is 7.54. The lowest BCUT2D eigenvalue weighted by Gasteiger charge is -2.03. The predicted molar refractivity (Wildman–Crippen MR) is 60.0 cm³/mol. The summed E-state index contributed by atoms with van der Waals surface area (Å²) in [6.07, 6.45) is 0. The van der Waals surface area contributed by atoms with Gasteiger partial charge in [-0.05, 0) is 31.2 Å². The van der Waals surface area contributed by atoms with Crippen LogP contribution in [0.1, 0.15) is 24.2 Å². The fourth-order valence-electron chi connectivity index (χ4n) is 1.16. The lowest BCUT2D eigenvalue weighted by atomic mass is 10.1. The summed E-state index contributed by atoms with van der Waals surface area (Å²) in [7, 11) is 0. The number of oxime groups is 1. The van der Waals surface area contributed by atoms with Gasteiger partial charge in [-0.25, -0.2) is 0 Å². The number of carbonyl (C=O) groups is 2. The Balaban J connectivity index is 2.87. The van der Waals surface area contributed by atoms with Gasteiger partial charge in [0.1, 0.15) is 5.71 Å². The third-order valence-electron chi connectivity index (χ3n) is 1.95. The van der Waals surface area contributed by atoms with Gasteiger partial charge in [-0.1, -0.05) is 5.16 Å². The molecular formula is C11H12N2O3. The molecule has 0 bridgehead atoms. The lowest BCUT2D eigenvalue weighted by molar-refractivity contribution is -0.114. The molecule has 0 heterocycles. The number of nitrogens with zero attached hydrogens (tertiary/aromatic N) is 1. The second-order valence-corrected chi connectivity index (χ2v) is 3.27. The first kappa shape index (κ1) is 11.9. The Morgan fingerprint density at radius 3 is 2.19 bits per heavy atom. The van der Waals surface area contributed by atoms with Crippen molar-refractivity contribution in [1.82, 2.24) is 0 Å². The molecule has 0 fully saturated rings. The molecule has 1 aromatic rings. The first-order valence-electron chi connectivity index (χ1n) is 4.65. The van der Waals surface area contributed by atoms with Crippen molar-refractivity contribution in [2.75, 3.05) is 5.32 Å². The molecule has 16 heavy (non-hydrogen) atoms. The van der Waals surface area contributed by atoms with Crippen LogP contribution in [0.3, 0.4) is 0 Å². The molecule has 0 unspecified atom stereocenters. The Labute approximate surface area is 92.8 Å². The summed E-state index contributed by atoms with van der Waals surface area (Å²) in [5.74, 6) is -0.524. The van der Waals surface area contributed by atoms with Crippen molar-refractivity contribution in [2.24, 2.45) is 5.16 Å². The largest absolute Gasteiger partial charge is 0.411 e. The van der Waals surface area contributed by atoms with E-state index in [0.717, 1.165) is 0 Å². The van der Waals surface area contributed by atoms with E-state index in [9.17, 15) is 9.59 Å². The molecule has 0 saturated carbocycles. The summed E-state index contributed by atoms with van der Waals surface area (Å²) in [6.45, 7) is 2.83. The summed E-state index contributed by atoms with van der Waals surface area (Å²) in [6, 6.07) is 6.34. The predicted octanol–water partition coefficient (Wildman–Crippen LogP) is 1.68. The van der Waals surface area contributed by atoms with Gasteiger partial charge in [0.25, 0.3) is 0 Å². The van der Waals surface area contributed by atoms with Gasteiger partial charge < -0.3 is 10.5 Å². The van der Waals surface area contributed by atoms with E-state index in [0.29, 0.717) is 11.3 Å². The number of Topliss-reactive ketones (excluding diaryl/α,β-unsaturated/α-hetero) is 1. The highest BCUT2D eigenvalue weighted by Crippen LogP contribution is 2.10. The number of benzene rings is 1. The van der Waals surface area contributed by atoms with Crippen LogP contribution in [0.2, 0.25) is 0 Å². The number of hydrogen-bond donors (Lipinski definition) is 2. The molecule has 1 amide bonds. The maximum absolute atomic E-state index is 11.5. The molecule has 0 aliphatic rings. The number of carbonyl (C=O) groups excluding carboxylic acids is 2. The van der Waals surface area contributed by atoms with Crippen molar-refractivity contribution in [2.45, 2.75) is 13.8 Å². The number of anilines is 1. The maximum Gasteiger partial charge on any atom is 0.221 e. The van der Waals surface area contributed by atoms with Crippen LogP contribution in [-0.2, 0) is 4.79 Å². The summed E-state index contributed by atoms with van der Waals surface area (Å²) in [5.41, 5.74) is 1.04. The Kier molecular flexibility index (Phi) is 3.77. The Morgan fingerprint density at radius 1 is 1.19 bits per heavy atom. The van der Waals surface area contributed by atoms with Gasteiger partial charge in [0, 0.05) is 18.2 Å². The van der Waals surface area contributed by atoms with Gasteiger partial charge in [-0.3, -0.25) is 9.59 Å². The van der Waals surface area contributed by atoms with E-state index < -0.39 is 0 Å². The van der Waals surface area contributed by atoms with Crippen LogP contribution >= 0.6 is 0 Å². The molecule has 0 aliphatic heterocycles. The Hall–Kier alpha value is -2.17. The highest BCUT2D eigenvalue weighted by Gasteiger charge is 2.09. The van der Waals surface area contributed by atoms with E-state index in [1.54, 1.807) is 24.3 Å². The van der Waals surface area contributed by atoms with Crippen molar-refractivity contribution in [1.29, 1.82) is 0 Å². The van der Waals surface area contributed by atoms with Gasteiger partial charge >= 0.3 is 0 Å². The number of ketones is 1. The van der Waals surface area contributed by atoms with Crippen molar-refractivity contribution >= 4 is 23.1 Å². The minimum atomic E-state index is -0.350. The third-order valence-corrected chi connectivity index (χ3v) is 1.95. The minimum Gasteiger partial charge on any atom is -0.411 e. The molecule has 0 spiro atoms. The van der Waals surface area contributed by atoms with E-state index >= 15 is 0 Å². The topological polar surface area (TPSA) is 78.8 Å². The first-order valence-corrected chi connectivity index (χ1v) is 4.65. The normalized spacial score (nSPS) is 11.0. The van der Waals surface area contributed by atoms with Crippen LogP contribution < -0.4 is 5.32 Å². The van der Waals surface area contributed by atoms with Gasteiger partial charge in [0.05, 0.1) is 0 Å². The molecule has 0 atom stereocenters. The molecule has 84 valence electrons. The monoisotopic (exact) mass is 220 g/mol. The molecule has 0 aromatic heterocycles. The molecule has 0 radical (unpaired) electrons. The van der Waals surface area contributed by atoms with Crippen LogP contribution in [0, 0.1) is 0 Å². The number of hydrogen-bond acceptors (Lipinski definition) is 4. The second-order valence-electron chi connectivity index (χ2n) is 3.27. The van der Waals surface area contributed by atoms with E-state index in [4.69, 9.17) is 5.21 Å². The maximum atomic E-state index is 11.5. The highest BCUT2D eigenvalue weighted by atomic mass is 16.4. The van der Waals surface area contributed by atoms with Crippen molar-refractivity contribution < 1.29 is 14.8 Å². The van der Waals surface area contributed by atoms with E-state index in [-0.39, 0.29) is 17.4 Å². The Morgan fingerprint density at radius 2 is 1.75 bits per heavy atom. The molecule has 0 aliphatic carbocycles. The third kappa shape index (κ3) is 2.91. The summed E-state index contributed by atoms with van der Waals surface area (Å²) < 4.78 is 0. The quantitative estimate of drug-likeness (QED) is 0.352. The Bertz CT molecular complexity index is 435. The number of rotatable bonds is 3. The van der Waals surface area contributed by atoms with Gasteiger partial charge in [-0.15, -0.1) is 0 Å². The zero-order valence-electron chi connectivity index (χ0n) is 9.02. The van der Waals surface area contributed by atoms with Gasteiger partial charge in [-0.2, -0.15) is 0 Å². The van der Waals surface area contributed by atoms with Crippen molar-refractivity contribution in [3.63, 3.8) is 0 Å². The SMILES string of the molecule is CC(=O)Nc1ccc(C(=O)/C(C)=N\O)cc1. The molecule has 0 saturated heterocycles. The molecule has 2 N–H and O–H groups in total. The minimum absolute atomic E-state index is 0.0206. The van der Waals surface area contributed by atoms with Gasteiger partial charge in [0.2, 0.25) is 11.7 Å². The number of amides is 1. The van der Waals surface area contributed by atoms with Gasteiger partial charge in [0.15, 0.2) is 0 Å². The van der Waals surface area contributed by atoms with Crippen LogP contribution in [0.25, 0.3) is 0 Å². The summed E-state index contributed by atoms with van der Waals surface area (Å²) in [4.78, 5) is 22.3. The van der Waals surface area contributed by atoms with Crippen LogP contribution in [0.4, 0.5) is 5.69 Å². The molecule has 1 aromatic carbocycles. The van der Waals surface area contributed by atoms with E-state index in [1.165, 1.54) is 13.8 Å². The molecule has 5 heteroatoms. The average molecular weight is 220 g/mol. The smallest absolute Gasteiger partial charge is 0.221 e.